The van der Waals surface area contributed by atoms with Gasteiger partial charge in [0.1, 0.15) is 0 Å². The van der Waals surface area contributed by atoms with Crippen LogP contribution in [-0.4, -0.2) is 31.1 Å². The highest BCUT2D eigenvalue weighted by Gasteiger charge is 2.31. The molecule has 1 atom stereocenters. The summed E-state index contributed by atoms with van der Waals surface area (Å²) in [6.07, 6.45) is 6.84. The molecule has 1 saturated carbocycles. The van der Waals surface area contributed by atoms with Crippen LogP contribution >= 0.6 is 0 Å². The van der Waals surface area contributed by atoms with Crippen LogP contribution in [0.15, 0.2) is 24.3 Å². The largest absolute Gasteiger partial charge is 0.314 e. The van der Waals surface area contributed by atoms with E-state index < -0.39 is 0 Å². The first-order chi connectivity index (χ1) is 9.88. The second-order valence-corrected chi connectivity index (χ2v) is 6.37. The number of nitrogens with one attached hydrogen (secondary N) is 1. The van der Waals surface area contributed by atoms with Crippen molar-refractivity contribution < 1.29 is 0 Å². The van der Waals surface area contributed by atoms with Crippen LogP contribution in [-0.2, 0) is 6.42 Å². The van der Waals surface area contributed by atoms with E-state index in [1.807, 2.05) is 0 Å². The Hall–Kier alpha value is -0.860. The molecule has 1 heterocycles. The van der Waals surface area contributed by atoms with Crippen molar-refractivity contribution in [1.29, 1.82) is 0 Å². The molecule has 3 rings (SSSR count). The number of hydrogen-bond acceptors (Lipinski definition) is 2. The third-order valence-corrected chi connectivity index (χ3v) is 5.12. The number of hydrogen-bond donors (Lipinski definition) is 1. The maximum absolute atomic E-state index is 3.49. The van der Waals surface area contributed by atoms with Crippen LogP contribution in [0.5, 0.6) is 0 Å². The van der Waals surface area contributed by atoms with Crippen LogP contribution < -0.4 is 5.32 Å². The van der Waals surface area contributed by atoms with Crippen molar-refractivity contribution in [2.24, 2.45) is 5.92 Å². The van der Waals surface area contributed by atoms with Crippen molar-refractivity contribution in [3.05, 3.63) is 35.4 Å². The van der Waals surface area contributed by atoms with E-state index in [2.05, 4.69) is 41.4 Å². The Labute approximate surface area is 123 Å². The highest BCUT2D eigenvalue weighted by molar-refractivity contribution is 5.26. The van der Waals surface area contributed by atoms with Crippen molar-refractivity contribution in [1.82, 2.24) is 10.2 Å². The Balaban J connectivity index is 1.82. The van der Waals surface area contributed by atoms with E-state index in [1.54, 1.807) is 5.56 Å². The molecule has 1 aliphatic heterocycles. The number of rotatable bonds is 4. The van der Waals surface area contributed by atoms with Gasteiger partial charge in [0, 0.05) is 32.2 Å². The van der Waals surface area contributed by atoms with Crippen molar-refractivity contribution in [3.8, 4) is 0 Å². The number of aryl methyl sites for hydroxylation is 1. The third-order valence-electron chi connectivity index (χ3n) is 5.12. The molecule has 1 N–H and O–H groups in total. The van der Waals surface area contributed by atoms with Crippen LogP contribution in [0.3, 0.4) is 0 Å². The molecule has 1 aromatic rings. The van der Waals surface area contributed by atoms with E-state index in [9.17, 15) is 0 Å². The zero-order chi connectivity index (χ0) is 13.8. The molecule has 1 saturated heterocycles. The number of piperazine rings is 1. The van der Waals surface area contributed by atoms with E-state index in [0.717, 1.165) is 25.4 Å². The quantitative estimate of drug-likeness (QED) is 0.904. The van der Waals surface area contributed by atoms with E-state index >= 15 is 0 Å². The molecule has 0 aromatic heterocycles. The van der Waals surface area contributed by atoms with Crippen LogP contribution in [0.4, 0.5) is 0 Å². The summed E-state index contributed by atoms with van der Waals surface area (Å²) in [5.41, 5.74) is 3.01. The van der Waals surface area contributed by atoms with Crippen LogP contribution in [0.1, 0.15) is 49.8 Å². The first-order valence-corrected chi connectivity index (χ1v) is 8.42. The predicted octanol–water partition coefficient (Wildman–Crippen LogP) is 3.39. The van der Waals surface area contributed by atoms with Gasteiger partial charge in [0.2, 0.25) is 0 Å². The van der Waals surface area contributed by atoms with Gasteiger partial charge in [0.15, 0.2) is 0 Å². The summed E-state index contributed by atoms with van der Waals surface area (Å²) >= 11 is 0. The minimum atomic E-state index is 0.658. The summed E-state index contributed by atoms with van der Waals surface area (Å²) in [6.45, 7) is 6.94. The summed E-state index contributed by atoms with van der Waals surface area (Å²) in [5, 5.41) is 3.49. The topological polar surface area (TPSA) is 15.3 Å². The number of nitrogens with zero attached hydrogens (tertiary/aromatic N) is 1. The molecule has 2 aliphatic rings. The molecule has 1 aliphatic carbocycles. The molecule has 110 valence electrons. The second-order valence-electron chi connectivity index (χ2n) is 6.37. The first kappa shape index (κ1) is 14.1. The fourth-order valence-electron chi connectivity index (χ4n) is 3.97. The summed E-state index contributed by atoms with van der Waals surface area (Å²) in [6, 6.07) is 10.1. The summed E-state index contributed by atoms with van der Waals surface area (Å²) < 4.78 is 0. The van der Waals surface area contributed by atoms with Crippen molar-refractivity contribution in [3.63, 3.8) is 0 Å². The lowest BCUT2D eigenvalue weighted by Crippen LogP contribution is -2.46. The lowest BCUT2D eigenvalue weighted by molar-refractivity contribution is 0.125. The van der Waals surface area contributed by atoms with Gasteiger partial charge in [-0.1, -0.05) is 44.0 Å². The van der Waals surface area contributed by atoms with Gasteiger partial charge in [-0.05, 0) is 36.3 Å². The smallest absolute Gasteiger partial charge is 0.0377 e. The molecule has 2 fully saturated rings. The molecule has 0 amide bonds. The lowest BCUT2D eigenvalue weighted by Gasteiger charge is -2.38. The van der Waals surface area contributed by atoms with E-state index in [1.165, 1.54) is 44.3 Å². The minimum absolute atomic E-state index is 0.658. The van der Waals surface area contributed by atoms with Gasteiger partial charge in [-0.15, -0.1) is 0 Å². The highest BCUT2D eigenvalue weighted by atomic mass is 15.2. The first-order valence-electron chi connectivity index (χ1n) is 8.42. The monoisotopic (exact) mass is 272 g/mol. The lowest BCUT2D eigenvalue weighted by atomic mass is 9.89. The predicted molar refractivity (Wildman–Crippen MR) is 85.0 cm³/mol. The van der Waals surface area contributed by atoms with Gasteiger partial charge in [-0.25, -0.2) is 0 Å². The Morgan fingerprint density at radius 3 is 2.35 bits per heavy atom. The Bertz CT molecular complexity index is 400. The van der Waals surface area contributed by atoms with E-state index in [-0.39, 0.29) is 0 Å². The maximum Gasteiger partial charge on any atom is 0.0377 e. The SMILES string of the molecule is CCc1ccc([C@H](C2CCCC2)N2CCNCC2)cc1. The summed E-state index contributed by atoms with van der Waals surface area (Å²) in [5.74, 6) is 0.876. The molecule has 1 aromatic carbocycles. The molecule has 2 nitrogen and oxygen atoms in total. The van der Waals surface area contributed by atoms with Gasteiger partial charge in [0.05, 0.1) is 0 Å². The zero-order valence-electron chi connectivity index (χ0n) is 12.8. The average Bonchev–Trinajstić information content (AvgIpc) is 3.03. The molecule has 2 heteroatoms. The Morgan fingerprint density at radius 2 is 1.75 bits per heavy atom. The Kier molecular flexibility index (Phi) is 4.74. The Morgan fingerprint density at radius 1 is 1.10 bits per heavy atom. The van der Waals surface area contributed by atoms with Crippen LogP contribution in [0, 0.1) is 5.92 Å². The zero-order valence-corrected chi connectivity index (χ0v) is 12.8. The van der Waals surface area contributed by atoms with Gasteiger partial charge >= 0.3 is 0 Å². The van der Waals surface area contributed by atoms with E-state index in [0.29, 0.717) is 6.04 Å². The molecule has 0 bridgehead atoms. The fraction of sp³-hybridized carbons (Fsp3) is 0.667. The van der Waals surface area contributed by atoms with Crippen LogP contribution in [0.25, 0.3) is 0 Å². The standard InChI is InChI=1S/C18H28N2/c1-2-15-7-9-17(10-8-15)18(16-5-3-4-6-16)20-13-11-19-12-14-20/h7-10,16,18-19H,2-6,11-14H2,1H3/t18-/m0/s1. The fourth-order valence-corrected chi connectivity index (χ4v) is 3.97. The highest BCUT2D eigenvalue weighted by Crippen LogP contribution is 2.39. The molecule has 0 unspecified atom stereocenters. The third kappa shape index (κ3) is 3.07. The van der Waals surface area contributed by atoms with Gasteiger partial charge in [0.25, 0.3) is 0 Å². The number of benzene rings is 1. The minimum Gasteiger partial charge on any atom is -0.314 e. The van der Waals surface area contributed by atoms with Gasteiger partial charge in [-0.3, -0.25) is 4.90 Å². The van der Waals surface area contributed by atoms with Crippen molar-refractivity contribution in [2.45, 2.75) is 45.1 Å². The second kappa shape index (κ2) is 6.73. The summed E-state index contributed by atoms with van der Waals surface area (Å²) in [7, 11) is 0. The normalized spacial score (nSPS) is 23.1. The van der Waals surface area contributed by atoms with Crippen LogP contribution in [0.2, 0.25) is 0 Å². The van der Waals surface area contributed by atoms with Crippen molar-refractivity contribution in [2.75, 3.05) is 26.2 Å². The van der Waals surface area contributed by atoms with E-state index in [4.69, 9.17) is 0 Å². The van der Waals surface area contributed by atoms with Crippen molar-refractivity contribution >= 4 is 0 Å². The summed E-state index contributed by atoms with van der Waals surface area (Å²) in [4.78, 5) is 2.73. The van der Waals surface area contributed by atoms with Gasteiger partial charge < -0.3 is 5.32 Å². The average molecular weight is 272 g/mol. The molecule has 0 radical (unpaired) electrons. The molecule has 20 heavy (non-hydrogen) atoms. The molecule has 0 spiro atoms. The maximum atomic E-state index is 3.49. The van der Waals surface area contributed by atoms with Gasteiger partial charge in [-0.2, -0.15) is 0 Å². The molecular weight excluding hydrogens is 244 g/mol. The molecular formula is C18H28N2.